The summed E-state index contributed by atoms with van der Waals surface area (Å²) in [5.74, 6) is -0.523. The van der Waals surface area contributed by atoms with Gasteiger partial charge in [-0.05, 0) is 56.0 Å². The summed E-state index contributed by atoms with van der Waals surface area (Å²) in [6.07, 6.45) is 2.22. The van der Waals surface area contributed by atoms with Gasteiger partial charge >= 0.3 is 0 Å². The number of halogens is 1. The lowest BCUT2D eigenvalue weighted by molar-refractivity contribution is -0.125. The Morgan fingerprint density at radius 1 is 1.03 bits per heavy atom. The average molecular weight is 434 g/mol. The third-order valence-corrected chi connectivity index (χ3v) is 8.41. The molecule has 0 spiro atoms. The summed E-state index contributed by atoms with van der Waals surface area (Å²) in [6.45, 7) is 1.90. The Morgan fingerprint density at radius 3 is 2.31 bits per heavy atom. The van der Waals surface area contributed by atoms with Crippen molar-refractivity contribution in [3.63, 3.8) is 0 Å². The number of carbonyl (C=O) groups is 1. The van der Waals surface area contributed by atoms with E-state index in [1.807, 2.05) is 19.1 Å². The molecule has 4 rings (SSSR count). The van der Waals surface area contributed by atoms with Crippen molar-refractivity contribution < 1.29 is 17.9 Å². The number of hydrogen-bond acceptors (Lipinski definition) is 4. The molecule has 7 heteroatoms. The molecule has 154 valence electrons. The van der Waals surface area contributed by atoms with Crippen molar-refractivity contribution in [3.05, 3.63) is 59.7 Å². The second-order valence-corrected chi connectivity index (χ2v) is 10.2. The van der Waals surface area contributed by atoms with Crippen LogP contribution in [-0.4, -0.2) is 37.2 Å². The van der Waals surface area contributed by atoms with Crippen LogP contribution in [0.1, 0.15) is 36.3 Å². The zero-order chi connectivity index (χ0) is 20.8. The van der Waals surface area contributed by atoms with Crippen LogP contribution < -0.4 is 4.74 Å². The fourth-order valence-electron chi connectivity index (χ4n) is 4.61. The first-order valence-electron chi connectivity index (χ1n) is 9.77. The molecule has 0 unspecified atom stereocenters. The number of fused-ring (bicyclic) bond motifs is 1. The lowest BCUT2D eigenvalue weighted by Crippen LogP contribution is -2.43. The Balaban J connectivity index is 1.78. The molecule has 1 amide bonds. The number of amides is 1. The Morgan fingerprint density at radius 2 is 1.69 bits per heavy atom. The zero-order valence-electron chi connectivity index (χ0n) is 16.4. The van der Waals surface area contributed by atoms with Crippen molar-refractivity contribution >= 4 is 27.5 Å². The topological polar surface area (TPSA) is 63.7 Å². The molecule has 2 aliphatic rings. The Bertz CT molecular complexity index is 1000. The third kappa shape index (κ3) is 3.42. The van der Waals surface area contributed by atoms with Crippen molar-refractivity contribution in [2.75, 3.05) is 7.11 Å². The van der Waals surface area contributed by atoms with Gasteiger partial charge in [0.15, 0.2) is 0 Å². The first-order valence-corrected chi connectivity index (χ1v) is 11.6. The maximum absolute atomic E-state index is 13.5. The summed E-state index contributed by atoms with van der Waals surface area (Å²) in [6, 6.07) is 13.5. The molecule has 4 atom stereocenters. The van der Waals surface area contributed by atoms with E-state index in [2.05, 4.69) is 0 Å². The maximum Gasteiger partial charge on any atom is 0.266 e. The second kappa shape index (κ2) is 7.65. The van der Waals surface area contributed by atoms with Crippen LogP contribution >= 0.6 is 11.6 Å². The normalized spacial score (nSPS) is 27.0. The van der Waals surface area contributed by atoms with Crippen LogP contribution in [0, 0.1) is 12.8 Å². The van der Waals surface area contributed by atoms with Gasteiger partial charge in [-0.3, -0.25) is 4.79 Å². The predicted octanol–water partition coefficient (Wildman–Crippen LogP) is 4.09. The lowest BCUT2D eigenvalue weighted by Gasteiger charge is -2.34. The highest BCUT2D eigenvalue weighted by Crippen LogP contribution is 2.49. The second-order valence-electron chi connectivity index (χ2n) is 7.79. The highest BCUT2D eigenvalue weighted by Gasteiger charge is 2.56. The van der Waals surface area contributed by atoms with Gasteiger partial charge in [0.05, 0.1) is 24.0 Å². The van der Waals surface area contributed by atoms with Crippen molar-refractivity contribution in [1.82, 2.24) is 4.31 Å². The molecule has 0 bridgehead atoms. The number of benzene rings is 2. The van der Waals surface area contributed by atoms with Crippen LogP contribution in [0.5, 0.6) is 5.75 Å². The fraction of sp³-hybridized carbons (Fsp3) is 0.409. The van der Waals surface area contributed by atoms with E-state index in [9.17, 15) is 13.2 Å². The monoisotopic (exact) mass is 433 g/mol. The highest BCUT2D eigenvalue weighted by molar-refractivity contribution is 7.89. The van der Waals surface area contributed by atoms with Gasteiger partial charge in [0.1, 0.15) is 5.75 Å². The number of methoxy groups -OCH3 is 1. The molecule has 2 aromatic rings. The summed E-state index contributed by atoms with van der Waals surface area (Å²) >= 11 is 6.67. The SMILES string of the molecule is COc1ccc([C@H]2C(=O)N(S(=O)(=O)c3ccc(C)cc3)[C@@H]3CCC[C@@H](Cl)[C@H]23)cc1. The number of hydrogen-bond donors (Lipinski definition) is 0. The largest absolute Gasteiger partial charge is 0.497 e. The van der Waals surface area contributed by atoms with Crippen LogP contribution in [0.15, 0.2) is 53.4 Å². The number of alkyl halides is 1. The van der Waals surface area contributed by atoms with Crippen LogP contribution in [0.3, 0.4) is 0 Å². The van der Waals surface area contributed by atoms with Crippen molar-refractivity contribution in [2.24, 2.45) is 5.92 Å². The van der Waals surface area contributed by atoms with Gasteiger partial charge in [-0.15, -0.1) is 11.6 Å². The van der Waals surface area contributed by atoms with Gasteiger partial charge in [0, 0.05) is 11.3 Å². The molecule has 0 radical (unpaired) electrons. The van der Waals surface area contributed by atoms with E-state index in [-0.39, 0.29) is 16.2 Å². The van der Waals surface area contributed by atoms with Crippen molar-refractivity contribution in [2.45, 2.75) is 48.4 Å². The first kappa shape index (κ1) is 20.2. The maximum atomic E-state index is 13.5. The molecule has 0 N–H and O–H groups in total. The summed E-state index contributed by atoms with van der Waals surface area (Å²) in [4.78, 5) is 13.7. The Kier molecular flexibility index (Phi) is 5.34. The number of rotatable bonds is 4. The van der Waals surface area contributed by atoms with E-state index in [4.69, 9.17) is 16.3 Å². The third-order valence-electron chi connectivity index (χ3n) is 6.06. The zero-order valence-corrected chi connectivity index (χ0v) is 18.0. The van der Waals surface area contributed by atoms with Gasteiger partial charge < -0.3 is 4.74 Å². The molecular weight excluding hydrogens is 410 g/mol. The Labute approximate surface area is 176 Å². The van der Waals surface area contributed by atoms with E-state index in [0.29, 0.717) is 12.2 Å². The van der Waals surface area contributed by atoms with E-state index >= 15 is 0 Å². The van der Waals surface area contributed by atoms with E-state index in [0.717, 1.165) is 28.3 Å². The van der Waals surface area contributed by atoms with Gasteiger partial charge in [0.2, 0.25) is 5.91 Å². The van der Waals surface area contributed by atoms with Crippen molar-refractivity contribution in [1.29, 1.82) is 0 Å². The Hall–Kier alpha value is -2.05. The minimum absolute atomic E-state index is 0.141. The quantitative estimate of drug-likeness (QED) is 0.681. The standard InChI is InChI=1S/C22H24ClNO4S/c1-14-6-12-17(13-7-14)29(26,27)24-19-5-3-4-18(23)21(19)20(22(24)25)15-8-10-16(28-2)11-9-15/h6-13,18-21H,3-5H2,1-2H3/t18-,19-,20-,21+/m1/s1. The molecule has 2 aromatic carbocycles. The van der Waals surface area contributed by atoms with Crippen LogP contribution in [0.25, 0.3) is 0 Å². The van der Waals surface area contributed by atoms with E-state index in [1.54, 1.807) is 43.5 Å². The summed E-state index contributed by atoms with van der Waals surface area (Å²) in [7, 11) is -2.37. The molecule has 1 saturated heterocycles. The average Bonchev–Trinajstić information content (AvgIpc) is 3.02. The fourth-order valence-corrected chi connectivity index (χ4v) is 6.74. The van der Waals surface area contributed by atoms with Crippen LogP contribution in [0.2, 0.25) is 0 Å². The van der Waals surface area contributed by atoms with Gasteiger partial charge in [0.25, 0.3) is 10.0 Å². The minimum atomic E-state index is -3.95. The minimum Gasteiger partial charge on any atom is -0.497 e. The summed E-state index contributed by atoms with van der Waals surface area (Å²) in [5.41, 5.74) is 1.74. The molecular formula is C22H24ClNO4S. The number of ether oxygens (including phenoxy) is 1. The van der Waals surface area contributed by atoms with Gasteiger partial charge in [-0.1, -0.05) is 29.8 Å². The molecule has 5 nitrogen and oxygen atoms in total. The number of carbonyl (C=O) groups excluding carboxylic acids is 1. The lowest BCUT2D eigenvalue weighted by atomic mass is 9.76. The van der Waals surface area contributed by atoms with Gasteiger partial charge in [-0.2, -0.15) is 0 Å². The molecule has 1 heterocycles. The molecule has 1 aliphatic heterocycles. The first-order chi connectivity index (χ1) is 13.8. The molecule has 1 aliphatic carbocycles. The molecule has 0 aromatic heterocycles. The summed E-state index contributed by atoms with van der Waals surface area (Å²) < 4.78 is 33.2. The van der Waals surface area contributed by atoms with Crippen molar-refractivity contribution in [3.8, 4) is 5.75 Å². The number of aryl methyl sites for hydroxylation is 1. The number of sulfonamides is 1. The molecule has 29 heavy (non-hydrogen) atoms. The smallest absolute Gasteiger partial charge is 0.266 e. The van der Waals surface area contributed by atoms with Crippen LogP contribution in [-0.2, 0) is 14.8 Å². The molecule has 2 fully saturated rings. The van der Waals surface area contributed by atoms with E-state index in [1.165, 1.54) is 0 Å². The highest BCUT2D eigenvalue weighted by atomic mass is 35.5. The van der Waals surface area contributed by atoms with Crippen LogP contribution in [0.4, 0.5) is 0 Å². The molecule has 1 saturated carbocycles. The predicted molar refractivity (Wildman–Crippen MR) is 112 cm³/mol. The number of nitrogens with zero attached hydrogens (tertiary/aromatic N) is 1. The summed E-state index contributed by atoms with van der Waals surface area (Å²) in [5, 5.41) is -0.247. The van der Waals surface area contributed by atoms with E-state index < -0.39 is 27.9 Å². The van der Waals surface area contributed by atoms with Gasteiger partial charge in [-0.25, -0.2) is 12.7 Å².